The summed E-state index contributed by atoms with van der Waals surface area (Å²) in [4.78, 5) is 30.4. The molecule has 0 aromatic carbocycles. The highest BCUT2D eigenvalue weighted by Gasteiger charge is 2.11. The zero-order valence-electron chi connectivity index (χ0n) is 14.1. The Balaban J connectivity index is 1.61. The lowest BCUT2D eigenvalue weighted by atomic mass is 10.2. The number of nitrogens with zero attached hydrogens (tertiary/aromatic N) is 5. The Labute approximate surface area is 143 Å². The molecule has 25 heavy (non-hydrogen) atoms. The third kappa shape index (κ3) is 3.52. The minimum atomic E-state index is -0.332. The molecule has 3 aromatic heterocycles. The molecule has 0 aliphatic carbocycles. The first-order valence-electron chi connectivity index (χ1n) is 7.99. The van der Waals surface area contributed by atoms with Crippen LogP contribution in [0.3, 0.4) is 0 Å². The third-order valence-electron chi connectivity index (χ3n) is 3.80. The van der Waals surface area contributed by atoms with Crippen LogP contribution in [0.2, 0.25) is 0 Å². The highest BCUT2D eigenvalue weighted by molar-refractivity contribution is 5.78. The Bertz CT molecular complexity index is 968. The van der Waals surface area contributed by atoms with Crippen molar-refractivity contribution in [3.05, 3.63) is 34.0 Å². The number of amides is 1. The molecule has 10 heteroatoms. The van der Waals surface area contributed by atoms with Gasteiger partial charge in [0.2, 0.25) is 11.9 Å². The standard InChI is InChI=1S/C15H20N8O2/c1-3-22-10(6-9(2)21-22)7-12(24)17-4-5-23-13-11(8-18-23)14(25)20-15(16)19-13/h6,8H,3-5,7H2,1-2H3,(H,17,24)(H3,16,19,20,25). The van der Waals surface area contributed by atoms with Gasteiger partial charge in [-0.15, -0.1) is 0 Å². The molecule has 0 bridgehead atoms. The number of rotatable bonds is 6. The van der Waals surface area contributed by atoms with E-state index in [9.17, 15) is 9.59 Å². The van der Waals surface area contributed by atoms with E-state index < -0.39 is 0 Å². The van der Waals surface area contributed by atoms with Crippen LogP contribution in [-0.4, -0.2) is 42.0 Å². The predicted octanol–water partition coefficient (Wildman–Crippen LogP) is -0.414. The van der Waals surface area contributed by atoms with Gasteiger partial charge in [-0.3, -0.25) is 19.3 Å². The van der Waals surface area contributed by atoms with Crippen molar-refractivity contribution in [3.8, 4) is 0 Å². The summed E-state index contributed by atoms with van der Waals surface area (Å²) < 4.78 is 3.36. The lowest BCUT2D eigenvalue weighted by Crippen LogP contribution is -2.29. The maximum atomic E-state index is 12.1. The normalized spacial score (nSPS) is 11.1. The first-order chi connectivity index (χ1) is 12.0. The van der Waals surface area contributed by atoms with Crippen LogP contribution in [0.5, 0.6) is 0 Å². The van der Waals surface area contributed by atoms with E-state index in [1.165, 1.54) is 6.20 Å². The lowest BCUT2D eigenvalue weighted by Gasteiger charge is -2.07. The second-order valence-electron chi connectivity index (χ2n) is 5.68. The molecule has 0 unspecified atom stereocenters. The predicted molar refractivity (Wildman–Crippen MR) is 91.9 cm³/mol. The van der Waals surface area contributed by atoms with Gasteiger partial charge >= 0.3 is 0 Å². The van der Waals surface area contributed by atoms with Gasteiger partial charge in [0.25, 0.3) is 5.56 Å². The zero-order chi connectivity index (χ0) is 18.0. The summed E-state index contributed by atoms with van der Waals surface area (Å²) in [6.45, 7) is 5.35. The minimum absolute atomic E-state index is 0.0338. The van der Waals surface area contributed by atoms with Crippen molar-refractivity contribution in [3.63, 3.8) is 0 Å². The molecule has 3 heterocycles. The van der Waals surface area contributed by atoms with E-state index in [-0.39, 0.29) is 23.8 Å². The number of aryl methyl sites for hydroxylation is 2. The number of H-pyrrole nitrogens is 1. The summed E-state index contributed by atoms with van der Waals surface area (Å²) in [5.74, 6) is -0.0668. The number of anilines is 1. The Morgan fingerprint density at radius 2 is 2.20 bits per heavy atom. The molecule has 10 nitrogen and oxygen atoms in total. The number of carbonyl (C=O) groups is 1. The van der Waals surface area contributed by atoms with Gasteiger partial charge in [0.1, 0.15) is 5.39 Å². The van der Waals surface area contributed by atoms with E-state index in [0.717, 1.165) is 17.9 Å². The number of hydrogen-bond donors (Lipinski definition) is 3. The van der Waals surface area contributed by atoms with Gasteiger partial charge < -0.3 is 11.1 Å². The van der Waals surface area contributed by atoms with E-state index in [1.807, 2.05) is 24.6 Å². The van der Waals surface area contributed by atoms with E-state index in [0.29, 0.717) is 24.1 Å². The van der Waals surface area contributed by atoms with Crippen LogP contribution in [0.25, 0.3) is 11.0 Å². The monoisotopic (exact) mass is 344 g/mol. The summed E-state index contributed by atoms with van der Waals surface area (Å²) in [5.41, 5.74) is 7.39. The Kier molecular flexibility index (Phi) is 4.50. The quantitative estimate of drug-likeness (QED) is 0.556. The SMILES string of the molecule is CCn1nc(C)cc1CC(=O)NCCn1ncc2c(=O)[nH]c(N)nc21. The molecule has 3 aromatic rings. The molecule has 0 saturated carbocycles. The van der Waals surface area contributed by atoms with Gasteiger partial charge in [0.15, 0.2) is 5.65 Å². The van der Waals surface area contributed by atoms with E-state index in [2.05, 4.69) is 25.5 Å². The lowest BCUT2D eigenvalue weighted by molar-refractivity contribution is -0.120. The van der Waals surface area contributed by atoms with Gasteiger partial charge in [-0.05, 0) is 19.9 Å². The van der Waals surface area contributed by atoms with Crippen LogP contribution in [0.4, 0.5) is 5.95 Å². The zero-order valence-corrected chi connectivity index (χ0v) is 14.1. The largest absolute Gasteiger partial charge is 0.369 e. The summed E-state index contributed by atoms with van der Waals surface area (Å²) in [5, 5.41) is 11.6. The van der Waals surface area contributed by atoms with Crippen molar-refractivity contribution < 1.29 is 4.79 Å². The number of fused-ring (bicyclic) bond motifs is 1. The molecule has 132 valence electrons. The number of nitrogens with one attached hydrogen (secondary N) is 2. The van der Waals surface area contributed by atoms with Crippen molar-refractivity contribution in [2.45, 2.75) is 33.4 Å². The van der Waals surface area contributed by atoms with E-state index in [1.54, 1.807) is 4.68 Å². The van der Waals surface area contributed by atoms with E-state index >= 15 is 0 Å². The highest BCUT2D eigenvalue weighted by Crippen LogP contribution is 2.07. The van der Waals surface area contributed by atoms with Crippen LogP contribution in [-0.2, 0) is 24.3 Å². The Hall–Kier alpha value is -3.17. The molecule has 0 saturated heterocycles. The first-order valence-corrected chi connectivity index (χ1v) is 7.99. The molecule has 0 aliphatic heterocycles. The van der Waals surface area contributed by atoms with Crippen LogP contribution >= 0.6 is 0 Å². The number of carbonyl (C=O) groups excluding carboxylic acids is 1. The van der Waals surface area contributed by atoms with Crippen molar-refractivity contribution in [1.29, 1.82) is 0 Å². The Morgan fingerprint density at radius 1 is 1.40 bits per heavy atom. The van der Waals surface area contributed by atoms with Crippen LogP contribution in [0.1, 0.15) is 18.3 Å². The second-order valence-corrected chi connectivity index (χ2v) is 5.68. The molecular weight excluding hydrogens is 324 g/mol. The molecular formula is C15H20N8O2. The molecule has 0 spiro atoms. The molecule has 0 aliphatic rings. The van der Waals surface area contributed by atoms with Gasteiger partial charge in [0.05, 0.1) is 24.9 Å². The molecule has 0 fully saturated rings. The van der Waals surface area contributed by atoms with Crippen LogP contribution in [0.15, 0.2) is 17.1 Å². The third-order valence-corrected chi connectivity index (χ3v) is 3.80. The molecule has 0 radical (unpaired) electrons. The average Bonchev–Trinajstić information content (AvgIpc) is 3.11. The number of aromatic nitrogens is 6. The summed E-state index contributed by atoms with van der Waals surface area (Å²) in [6.07, 6.45) is 1.70. The smallest absolute Gasteiger partial charge is 0.263 e. The van der Waals surface area contributed by atoms with Gasteiger partial charge in [-0.25, -0.2) is 4.68 Å². The topological polar surface area (TPSA) is 137 Å². The molecule has 1 amide bonds. The Morgan fingerprint density at radius 3 is 2.96 bits per heavy atom. The molecule has 0 atom stereocenters. The van der Waals surface area contributed by atoms with Gasteiger partial charge in [-0.2, -0.15) is 15.2 Å². The maximum absolute atomic E-state index is 12.1. The van der Waals surface area contributed by atoms with Gasteiger partial charge in [-0.1, -0.05) is 0 Å². The fourth-order valence-electron chi connectivity index (χ4n) is 2.69. The summed E-state index contributed by atoms with van der Waals surface area (Å²) >= 11 is 0. The minimum Gasteiger partial charge on any atom is -0.369 e. The number of hydrogen-bond acceptors (Lipinski definition) is 6. The van der Waals surface area contributed by atoms with Gasteiger partial charge in [0, 0.05) is 18.8 Å². The summed E-state index contributed by atoms with van der Waals surface area (Å²) in [7, 11) is 0. The molecule has 4 N–H and O–H groups in total. The first kappa shape index (κ1) is 16.7. The van der Waals surface area contributed by atoms with Crippen LogP contribution < -0.4 is 16.6 Å². The summed E-state index contributed by atoms with van der Waals surface area (Å²) in [6, 6.07) is 1.91. The van der Waals surface area contributed by atoms with E-state index in [4.69, 9.17) is 5.73 Å². The maximum Gasteiger partial charge on any atom is 0.263 e. The fraction of sp³-hybridized carbons (Fsp3) is 0.400. The second kappa shape index (κ2) is 6.75. The number of nitrogen functional groups attached to an aromatic ring is 1. The molecule has 3 rings (SSSR count). The van der Waals surface area contributed by atoms with Crippen molar-refractivity contribution in [1.82, 2.24) is 34.8 Å². The van der Waals surface area contributed by atoms with Crippen molar-refractivity contribution >= 4 is 22.9 Å². The van der Waals surface area contributed by atoms with Crippen LogP contribution in [0, 0.1) is 6.92 Å². The fourth-order valence-corrected chi connectivity index (χ4v) is 2.69. The van der Waals surface area contributed by atoms with Crippen molar-refractivity contribution in [2.75, 3.05) is 12.3 Å². The van der Waals surface area contributed by atoms with Crippen molar-refractivity contribution in [2.24, 2.45) is 0 Å². The highest BCUT2D eigenvalue weighted by atomic mass is 16.1. The number of nitrogens with two attached hydrogens (primary N) is 1. The number of aromatic amines is 1. The average molecular weight is 344 g/mol.